The van der Waals surface area contributed by atoms with E-state index in [-0.39, 0.29) is 5.54 Å². The molecule has 17 heavy (non-hydrogen) atoms. The molecule has 0 aliphatic carbocycles. The molecule has 0 spiro atoms. The Morgan fingerprint density at radius 3 is 2.76 bits per heavy atom. The second-order valence-electron chi connectivity index (χ2n) is 5.29. The number of aryl methyl sites for hydroxylation is 1. The van der Waals surface area contributed by atoms with Gasteiger partial charge in [0.05, 0.1) is 6.54 Å². The molecule has 4 nitrogen and oxygen atoms in total. The molecule has 0 saturated heterocycles. The number of hydrogen-bond acceptors (Lipinski definition) is 4. The second kappa shape index (κ2) is 4.98. The fourth-order valence-corrected chi connectivity index (χ4v) is 3.03. The monoisotopic (exact) mass is 254 g/mol. The van der Waals surface area contributed by atoms with Crippen molar-refractivity contribution in [3.8, 4) is 0 Å². The molecule has 0 N–H and O–H groups in total. The van der Waals surface area contributed by atoms with Crippen LogP contribution in [-0.4, -0.2) is 43.8 Å². The highest BCUT2D eigenvalue weighted by molar-refractivity contribution is 7.98. The van der Waals surface area contributed by atoms with Crippen molar-refractivity contribution in [2.24, 2.45) is 0 Å². The van der Waals surface area contributed by atoms with E-state index in [0.29, 0.717) is 0 Å². The summed E-state index contributed by atoms with van der Waals surface area (Å²) in [6.45, 7) is 9.77. The number of thioether (sulfide) groups is 1. The minimum Gasteiger partial charge on any atom is -0.313 e. The number of nitrogens with zero attached hydrogens (tertiary/aromatic N) is 4. The van der Waals surface area contributed by atoms with Crippen LogP contribution in [0.2, 0.25) is 0 Å². The largest absolute Gasteiger partial charge is 0.313 e. The highest BCUT2D eigenvalue weighted by Crippen LogP contribution is 2.25. The summed E-state index contributed by atoms with van der Waals surface area (Å²) < 4.78 is 2.24. The van der Waals surface area contributed by atoms with E-state index in [2.05, 4.69) is 39.8 Å². The Morgan fingerprint density at radius 2 is 2.06 bits per heavy atom. The first-order valence-electron chi connectivity index (χ1n) is 6.17. The van der Waals surface area contributed by atoms with Gasteiger partial charge >= 0.3 is 0 Å². The van der Waals surface area contributed by atoms with Crippen LogP contribution in [0.15, 0.2) is 0 Å². The summed E-state index contributed by atoms with van der Waals surface area (Å²) >= 11 is 1.92. The van der Waals surface area contributed by atoms with E-state index < -0.39 is 0 Å². The molecule has 0 amide bonds. The van der Waals surface area contributed by atoms with Crippen LogP contribution in [0.25, 0.3) is 0 Å². The van der Waals surface area contributed by atoms with Crippen molar-refractivity contribution in [2.75, 3.05) is 18.6 Å². The molecular weight excluding hydrogens is 232 g/mol. The summed E-state index contributed by atoms with van der Waals surface area (Å²) in [5, 5.41) is 8.43. The first kappa shape index (κ1) is 12.9. The van der Waals surface area contributed by atoms with Crippen LogP contribution in [0.1, 0.15) is 31.9 Å². The lowest BCUT2D eigenvalue weighted by Gasteiger charge is -2.40. The van der Waals surface area contributed by atoms with Gasteiger partial charge in [-0.1, -0.05) is 0 Å². The van der Waals surface area contributed by atoms with Crippen molar-refractivity contribution >= 4 is 11.8 Å². The Balaban J connectivity index is 2.06. The summed E-state index contributed by atoms with van der Waals surface area (Å²) in [4.78, 5) is 2.53. The fourth-order valence-electron chi connectivity index (χ4n) is 2.33. The molecule has 0 saturated carbocycles. The predicted molar refractivity (Wildman–Crippen MR) is 72.2 cm³/mol. The Labute approximate surface area is 108 Å². The molecule has 96 valence electrons. The van der Waals surface area contributed by atoms with E-state index in [0.717, 1.165) is 31.3 Å². The molecule has 5 heteroatoms. The standard InChI is InChI=1S/C12H22N4S/c1-10-13-14-11-9-15(6-7-16(10)11)12(2,3)5-8-17-4/h5-9H2,1-4H3. The van der Waals surface area contributed by atoms with Gasteiger partial charge in [-0.2, -0.15) is 11.8 Å². The molecule has 1 aromatic rings. The Kier molecular flexibility index (Phi) is 3.78. The topological polar surface area (TPSA) is 34.0 Å². The normalized spacial score (nSPS) is 17.2. The van der Waals surface area contributed by atoms with E-state index in [1.54, 1.807) is 0 Å². The van der Waals surface area contributed by atoms with Crippen LogP contribution in [-0.2, 0) is 13.1 Å². The van der Waals surface area contributed by atoms with E-state index in [4.69, 9.17) is 0 Å². The number of fused-ring (bicyclic) bond motifs is 1. The summed E-state index contributed by atoms with van der Waals surface area (Å²) in [6.07, 6.45) is 3.40. The third-order valence-electron chi connectivity index (χ3n) is 3.71. The van der Waals surface area contributed by atoms with Crippen molar-refractivity contribution in [1.82, 2.24) is 19.7 Å². The third kappa shape index (κ3) is 2.65. The minimum absolute atomic E-state index is 0.258. The molecule has 0 aromatic carbocycles. The summed E-state index contributed by atoms with van der Waals surface area (Å²) in [5.41, 5.74) is 0.258. The fraction of sp³-hybridized carbons (Fsp3) is 0.833. The third-order valence-corrected chi connectivity index (χ3v) is 4.32. The van der Waals surface area contributed by atoms with Gasteiger partial charge in [-0.25, -0.2) is 0 Å². The van der Waals surface area contributed by atoms with Crippen molar-refractivity contribution in [3.05, 3.63) is 11.6 Å². The van der Waals surface area contributed by atoms with E-state index in [9.17, 15) is 0 Å². The number of aromatic nitrogens is 3. The van der Waals surface area contributed by atoms with Gasteiger partial charge in [-0.15, -0.1) is 10.2 Å². The highest BCUT2D eigenvalue weighted by atomic mass is 32.2. The molecule has 2 rings (SSSR count). The van der Waals surface area contributed by atoms with Gasteiger partial charge in [0.25, 0.3) is 0 Å². The van der Waals surface area contributed by atoms with Crippen LogP contribution >= 0.6 is 11.8 Å². The van der Waals surface area contributed by atoms with Crippen molar-refractivity contribution in [2.45, 2.75) is 45.8 Å². The summed E-state index contributed by atoms with van der Waals surface area (Å²) in [5.74, 6) is 3.38. The molecule has 0 fully saturated rings. The maximum absolute atomic E-state index is 4.27. The average molecular weight is 254 g/mol. The van der Waals surface area contributed by atoms with Crippen molar-refractivity contribution in [3.63, 3.8) is 0 Å². The summed E-state index contributed by atoms with van der Waals surface area (Å²) in [7, 11) is 0. The van der Waals surface area contributed by atoms with Gasteiger partial charge in [-0.05, 0) is 39.2 Å². The summed E-state index contributed by atoms with van der Waals surface area (Å²) in [6, 6.07) is 0. The zero-order valence-corrected chi connectivity index (χ0v) is 12.0. The van der Waals surface area contributed by atoms with Gasteiger partial charge < -0.3 is 4.57 Å². The van der Waals surface area contributed by atoms with E-state index >= 15 is 0 Å². The molecule has 1 aromatic heterocycles. The molecule has 1 aliphatic rings. The number of rotatable bonds is 4. The predicted octanol–water partition coefficient (Wildman–Crippen LogP) is 1.93. The lowest BCUT2D eigenvalue weighted by atomic mass is 9.98. The SMILES string of the molecule is CSCCC(C)(C)N1CCn2c(C)nnc2C1. The molecule has 2 heterocycles. The van der Waals surface area contributed by atoms with Gasteiger partial charge in [-0.3, -0.25) is 4.90 Å². The average Bonchev–Trinajstić information content (AvgIpc) is 2.68. The number of hydrogen-bond donors (Lipinski definition) is 0. The first-order valence-corrected chi connectivity index (χ1v) is 7.56. The maximum Gasteiger partial charge on any atom is 0.147 e. The lowest BCUT2D eigenvalue weighted by molar-refractivity contribution is 0.0828. The highest BCUT2D eigenvalue weighted by Gasteiger charge is 2.30. The zero-order valence-electron chi connectivity index (χ0n) is 11.2. The Bertz CT molecular complexity index is 386. The Hall–Kier alpha value is -0.550. The smallest absolute Gasteiger partial charge is 0.147 e. The minimum atomic E-state index is 0.258. The van der Waals surface area contributed by atoms with Crippen LogP contribution in [0.4, 0.5) is 0 Å². The van der Waals surface area contributed by atoms with Crippen LogP contribution < -0.4 is 0 Å². The van der Waals surface area contributed by atoms with Gasteiger partial charge in [0.2, 0.25) is 0 Å². The van der Waals surface area contributed by atoms with Gasteiger partial charge in [0, 0.05) is 18.6 Å². The molecule has 0 atom stereocenters. The first-order chi connectivity index (χ1) is 8.04. The van der Waals surface area contributed by atoms with Gasteiger partial charge in [0.15, 0.2) is 0 Å². The quantitative estimate of drug-likeness (QED) is 0.822. The van der Waals surface area contributed by atoms with Crippen LogP contribution in [0.5, 0.6) is 0 Å². The van der Waals surface area contributed by atoms with Crippen LogP contribution in [0.3, 0.4) is 0 Å². The molecule has 0 bridgehead atoms. The van der Waals surface area contributed by atoms with Crippen molar-refractivity contribution in [1.29, 1.82) is 0 Å². The second-order valence-corrected chi connectivity index (χ2v) is 6.28. The molecule has 0 unspecified atom stereocenters. The van der Waals surface area contributed by atoms with Gasteiger partial charge in [0.1, 0.15) is 11.6 Å². The van der Waals surface area contributed by atoms with Crippen LogP contribution in [0, 0.1) is 6.92 Å². The van der Waals surface area contributed by atoms with E-state index in [1.807, 2.05) is 18.7 Å². The zero-order chi connectivity index (χ0) is 12.5. The van der Waals surface area contributed by atoms with E-state index in [1.165, 1.54) is 12.2 Å². The van der Waals surface area contributed by atoms with Crippen molar-refractivity contribution < 1.29 is 0 Å². The molecular formula is C12H22N4S. The molecule has 0 radical (unpaired) electrons. The molecule has 1 aliphatic heterocycles. The lowest BCUT2D eigenvalue weighted by Crippen LogP contribution is -2.48. The Morgan fingerprint density at radius 1 is 1.29 bits per heavy atom. The maximum atomic E-state index is 4.27.